The highest BCUT2D eigenvalue weighted by Gasteiger charge is 2.20. The monoisotopic (exact) mass is 1560 g/mol. The third-order valence-corrected chi connectivity index (χ3v) is 17.8. The summed E-state index contributed by atoms with van der Waals surface area (Å²) in [6.07, 6.45) is 0. The van der Waals surface area contributed by atoms with Crippen molar-refractivity contribution in [2.75, 3.05) is 6.79 Å². The molecule has 15 rings (SSSR count). The van der Waals surface area contributed by atoms with E-state index in [2.05, 4.69) is 15.9 Å². The predicted octanol–water partition coefficient (Wildman–Crippen LogP) is 18.1. The summed E-state index contributed by atoms with van der Waals surface area (Å²) in [4.78, 5) is 75.5. The number of carboxylic acids is 7. The largest absolute Gasteiger partial charge is 0.507 e. The van der Waals surface area contributed by atoms with Gasteiger partial charge in [-0.05, 0) is 213 Å². The van der Waals surface area contributed by atoms with Gasteiger partial charge in [-0.1, -0.05) is 102 Å². The maximum Gasteiger partial charge on any atom is 0.337 e. The Balaban J connectivity index is 0.000000145. The number of hydrogen-bond donors (Lipinski definition) is 15. The summed E-state index contributed by atoms with van der Waals surface area (Å²) in [7, 11) is 0. The third-order valence-electron chi connectivity index (χ3n) is 16.5. The SMILES string of the molecule is Cc1cc2cc(C(=O)O)cc(O)c2cc1C.Cc1ccc2c(O)cc(C(=O)O)cc2c1.O=C(O)c1cc(O)c2c(Cl)cccc2c1.O=C(O)c1cc(O)c2c(O)cccc2c1.O=C(O)c1cc(O)c2cc3c(cc2c1)OCO3.O=C(O)c1cc(O)c2ccc(Cl)cc2c1.O=C(O)c1cc2ccccc2c(O)c1Br. The Morgan fingerprint density at radius 2 is 0.713 bits per heavy atom. The van der Waals surface area contributed by atoms with Gasteiger partial charge in [0.15, 0.2) is 11.5 Å². The molecule has 0 aromatic heterocycles. The molecule has 0 amide bonds. The van der Waals surface area contributed by atoms with Crippen molar-refractivity contribution >= 4 is 156 Å². The van der Waals surface area contributed by atoms with Crippen LogP contribution in [0.4, 0.5) is 0 Å². The molecule has 0 unspecified atom stereocenters. The highest BCUT2D eigenvalue weighted by molar-refractivity contribution is 9.10. The van der Waals surface area contributed by atoms with Crippen LogP contribution in [-0.4, -0.2) is 125 Å². The van der Waals surface area contributed by atoms with Crippen molar-refractivity contribution in [2.45, 2.75) is 20.8 Å². The zero-order valence-electron chi connectivity index (χ0n) is 56.3. The smallest absolute Gasteiger partial charge is 0.337 e. The summed E-state index contributed by atoms with van der Waals surface area (Å²) >= 11 is 14.7. The molecule has 1 aliphatic rings. The average molecular weight is 1570 g/mol. The average Bonchev–Trinajstić information content (AvgIpc) is 1.61. The molecule has 14 aromatic carbocycles. The van der Waals surface area contributed by atoms with E-state index in [4.69, 9.17) is 68.4 Å². The molecule has 0 radical (unpaired) electrons. The van der Waals surface area contributed by atoms with Crippen LogP contribution in [0.25, 0.3) is 75.4 Å². The maximum atomic E-state index is 10.9. The standard InChI is InChI=1S/C13H12O3.C12H8O5.C12H10O3.C11H7BrO3.2C11H7ClO3.C11H8O4/c1-7-3-9-5-10(13(15)16)6-12(14)11(9)4-8(7)2;13-9-2-7(12(14)15)1-6-3-10-11(4-8(6)9)17-5-16-10;1-7-2-3-10-8(4-7)5-9(12(14)15)6-11(10)13;12-9-8(11(14)15)5-6-3-1-2-4-7(6)10(9)13;12-8-1-2-9-6(4-8)3-7(11(14)15)5-10(9)13;2*12-8-3-1-2-6-4-7(11(14)15)5-9(13)10(6)8/h3-6,14H,1-2H3,(H,15,16);1-4,13H,5H2,(H,14,15);2-6,13H,1H3,(H,14,15);3*1-5,13H,(H,14,15);1-5,12-13H,(H,14,15). The van der Waals surface area contributed by atoms with Gasteiger partial charge in [0.2, 0.25) is 6.79 Å². The molecule has 1 aliphatic heterocycles. The molecule has 108 heavy (non-hydrogen) atoms. The van der Waals surface area contributed by atoms with Gasteiger partial charge in [0, 0.05) is 37.3 Å². The number of phenols is 8. The van der Waals surface area contributed by atoms with Crippen molar-refractivity contribution in [1.29, 1.82) is 0 Å². The van der Waals surface area contributed by atoms with Crippen LogP contribution in [0.5, 0.6) is 57.5 Å². The van der Waals surface area contributed by atoms with Crippen LogP contribution in [0.1, 0.15) is 89.2 Å². The normalized spacial score (nSPS) is 10.9. The molecule has 14 aromatic rings. The van der Waals surface area contributed by atoms with Gasteiger partial charge >= 0.3 is 41.8 Å². The van der Waals surface area contributed by atoms with Gasteiger partial charge in [0.25, 0.3) is 0 Å². The fraction of sp³-hybridized carbons (Fsp3) is 0.0494. The minimum atomic E-state index is -1.12. The van der Waals surface area contributed by atoms with Crippen LogP contribution < -0.4 is 9.47 Å². The van der Waals surface area contributed by atoms with Crippen molar-refractivity contribution in [3.05, 3.63) is 270 Å². The van der Waals surface area contributed by atoms with E-state index in [0.29, 0.717) is 80.8 Å². The molecule has 15 N–H and O–H groups in total. The second-order valence-corrected chi connectivity index (χ2v) is 25.4. The molecule has 0 atom stereocenters. The van der Waals surface area contributed by atoms with Gasteiger partial charge in [-0.2, -0.15) is 0 Å². The zero-order valence-corrected chi connectivity index (χ0v) is 59.4. The fourth-order valence-corrected chi connectivity index (χ4v) is 12.0. The second kappa shape index (κ2) is 33.4. The van der Waals surface area contributed by atoms with Crippen molar-refractivity contribution in [3.8, 4) is 57.5 Å². The molecule has 0 saturated heterocycles. The number of ether oxygens (including phenoxy) is 2. The predicted molar refractivity (Wildman–Crippen MR) is 408 cm³/mol. The van der Waals surface area contributed by atoms with E-state index in [1.807, 2.05) is 45.0 Å². The lowest BCUT2D eigenvalue weighted by atomic mass is 10.00. The number of hydrogen-bond acceptors (Lipinski definition) is 17. The van der Waals surface area contributed by atoms with Gasteiger partial charge < -0.3 is 86.1 Å². The number of rotatable bonds is 7. The maximum absolute atomic E-state index is 10.9. The quantitative estimate of drug-likeness (QED) is 0.0704. The second-order valence-electron chi connectivity index (χ2n) is 23.8. The molecule has 0 saturated carbocycles. The van der Waals surface area contributed by atoms with Gasteiger partial charge in [-0.25, -0.2) is 33.6 Å². The number of aryl methyl sites for hydroxylation is 3. The number of aromatic hydroxyl groups is 8. The lowest BCUT2D eigenvalue weighted by molar-refractivity contribution is 0.0685. The first kappa shape index (κ1) is 78.4. The Morgan fingerprint density at radius 1 is 0.324 bits per heavy atom. The molecule has 27 heteroatoms. The first-order valence-electron chi connectivity index (χ1n) is 31.4. The number of carboxylic acid groups (broad SMARTS) is 7. The van der Waals surface area contributed by atoms with Gasteiger partial charge in [0.05, 0.1) is 53.8 Å². The van der Waals surface area contributed by atoms with E-state index in [1.54, 1.807) is 103 Å². The summed E-state index contributed by atoms with van der Waals surface area (Å²) in [5.74, 6) is -6.95. The number of carbonyl (C=O) groups is 7. The molecule has 0 aliphatic carbocycles. The van der Waals surface area contributed by atoms with Crippen molar-refractivity contribution < 1.29 is 120 Å². The minimum absolute atomic E-state index is 0.00454. The van der Waals surface area contributed by atoms with E-state index in [1.165, 1.54) is 66.7 Å². The molecular formula is C81H59BrCl2O24. The third kappa shape index (κ3) is 18.2. The highest BCUT2D eigenvalue weighted by Crippen LogP contribution is 2.41. The lowest BCUT2D eigenvalue weighted by Gasteiger charge is -2.07. The number of benzene rings is 14. The van der Waals surface area contributed by atoms with E-state index < -0.39 is 41.8 Å². The van der Waals surface area contributed by atoms with Crippen LogP contribution in [0.3, 0.4) is 0 Å². The minimum Gasteiger partial charge on any atom is -0.507 e. The number of aromatic carboxylic acids is 7. The molecule has 24 nitrogen and oxygen atoms in total. The Morgan fingerprint density at radius 3 is 1.22 bits per heavy atom. The van der Waals surface area contributed by atoms with Crippen molar-refractivity contribution in [1.82, 2.24) is 0 Å². The molecule has 0 fully saturated rings. The van der Waals surface area contributed by atoms with Crippen LogP contribution >= 0.6 is 39.1 Å². The van der Waals surface area contributed by atoms with Crippen LogP contribution in [0.2, 0.25) is 10.0 Å². The summed E-state index contributed by atoms with van der Waals surface area (Å²) in [5, 5.41) is 148. The molecule has 548 valence electrons. The van der Waals surface area contributed by atoms with E-state index in [9.17, 15) is 74.4 Å². The van der Waals surface area contributed by atoms with Crippen LogP contribution in [0.15, 0.2) is 205 Å². The van der Waals surface area contributed by atoms with E-state index in [0.717, 1.165) is 33.5 Å². The van der Waals surface area contributed by atoms with E-state index >= 15 is 0 Å². The topological polar surface area (TPSA) is 441 Å². The lowest BCUT2D eigenvalue weighted by Crippen LogP contribution is -1.97. The highest BCUT2D eigenvalue weighted by atomic mass is 79.9. The Labute approximate surface area is 627 Å². The van der Waals surface area contributed by atoms with Gasteiger partial charge in [-0.15, -0.1) is 0 Å². The number of halogens is 3. The summed E-state index contributed by atoms with van der Waals surface area (Å²) in [6.45, 7) is 5.97. The Bertz CT molecular complexity index is 5760. The van der Waals surface area contributed by atoms with Gasteiger partial charge in [-0.3, -0.25) is 0 Å². The summed E-state index contributed by atoms with van der Waals surface area (Å²) < 4.78 is 10.6. The summed E-state index contributed by atoms with van der Waals surface area (Å²) in [6, 6.07) is 52.0. The van der Waals surface area contributed by atoms with Gasteiger partial charge in [0.1, 0.15) is 46.0 Å². The number of fused-ring (bicyclic) bond motifs is 8. The first-order valence-corrected chi connectivity index (χ1v) is 33.0. The van der Waals surface area contributed by atoms with Crippen molar-refractivity contribution in [2.24, 2.45) is 0 Å². The Kier molecular flexibility index (Phi) is 24.2. The van der Waals surface area contributed by atoms with E-state index in [-0.39, 0.29) is 102 Å². The van der Waals surface area contributed by atoms with Crippen LogP contribution in [-0.2, 0) is 0 Å². The first-order chi connectivity index (χ1) is 51.1. The van der Waals surface area contributed by atoms with Crippen LogP contribution in [0, 0.1) is 20.8 Å². The van der Waals surface area contributed by atoms with Crippen molar-refractivity contribution in [3.63, 3.8) is 0 Å². The fourth-order valence-electron chi connectivity index (χ4n) is 11.1. The summed E-state index contributed by atoms with van der Waals surface area (Å²) in [5.41, 5.74) is 3.57. The zero-order chi connectivity index (χ0) is 78.9. The molecule has 1 heterocycles. The molecule has 0 bridgehead atoms. The number of phenolic OH excluding ortho intramolecular Hbond substituents is 8. The molecule has 0 spiro atoms. The Hall–Kier alpha value is -13.8. The molecular weight excluding hydrogens is 1510 g/mol.